The van der Waals surface area contributed by atoms with Crippen molar-refractivity contribution in [2.75, 3.05) is 18.9 Å². The minimum atomic E-state index is 0.0894. The first-order valence-electron chi connectivity index (χ1n) is 6.56. The van der Waals surface area contributed by atoms with Gasteiger partial charge in [0.25, 0.3) is 5.91 Å². The fraction of sp³-hybridized carbons (Fsp3) is 0.571. The van der Waals surface area contributed by atoms with Crippen LogP contribution >= 0.6 is 0 Å². The zero-order chi connectivity index (χ0) is 13.1. The van der Waals surface area contributed by atoms with Crippen molar-refractivity contribution in [1.29, 1.82) is 0 Å². The Kier molecular flexibility index (Phi) is 3.84. The van der Waals surface area contributed by atoms with Crippen molar-refractivity contribution in [2.24, 2.45) is 5.92 Å². The van der Waals surface area contributed by atoms with Gasteiger partial charge in [-0.3, -0.25) is 9.78 Å². The van der Waals surface area contributed by atoms with E-state index in [-0.39, 0.29) is 5.91 Å². The first kappa shape index (κ1) is 12.9. The second kappa shape index (κ2) is 5.38. The number of likely N-dealkylation sites (tertiary alicyclic amines) is 1. The lowest BCUT2D eigenvalue weighted by atomic mass is 9.94. The van der Waals surface area contributed by atoms with Gasteiger partial charge < -0.3 is 10.2 Å². The summed E-state index contributed by atoms with van der Waals surface area (Å²) in [5.74, 6) is 0.673. The van der Waals surface area contributed by atoms with Crippen molar-refractivity contribution in [3.05, 3.63) is 24.0 Å². The normalized spacial score (nSPS) is 23.8. The molecule has 4 nitrogen and oxygen atoms in total. The topological polar surface area (TPSA) is 45.2 Å². The summed E-state index contributed by atoms with van der Waals surface area (Å²) in [7, 11) is 1.83. The lowest BCUT2D eigenvalue weighted by Gasteiger charge is -2.37. The molecule has 0 saturated carbocycles. The van der Waals surface area contributed by atoms with E-state index in [1.807, 2.05) is 18.0 Å². The summed E-state index contributed by atoms with van der Waals surface area (Å²) in [4.78, 5) is 18.6. The van der Waals surface area contributed by atoms with E-state index in [1.54, 1.807) is 12.4 Å². The van der Waals surface area contributed by atoms with Crippen molar-refractivity contribution in [1.82, 2.24) is 9.88 Å². The maximum Gasteiger partial charge on any atom is 0.257 e. The monoisotopic (exact) mass is 247 g/mol. The Bertz CT molecular complexity index is 433. The zero-order valence-corrected chi connectivity index (χ0v) is 11.3. The Morgan fingerprint density at radius 1 is 1.44 bits per heavy atom. The molecule has 1 saturated heterocycles. The summed E-state index contributed by atoms with van der Waals surface area (Å²) < 4.78 is 0. The predicted molar refractivity (Wildman–Crippen MR) is 72.7 cm³/mol. The van der Waals surface area contributed by atoms with Crippen LogP contribution in [0.15, 0.2) is 18.5 Å². The highest BCUT2D eigenvalue weighted by atomic mass is 16.2. The van der Waals surface area contributed by atoms with Crippen LogP contribution in [-0.4, -0.2) is 35.4 Å². The van der Waals surface area contributed by atoms with Crippen molar-refractivity contribution in [3.63, 3.8) is 0 Å². The summed E-state index contributed by atoms with van der Waals surface area (Å²) in [5, 5.41) is 3.05. The molecular weight excluding hydrogens is 226 g/mol. The molecule has 1 fully saturated rings. The molecule has 98 valence electrons. The fourth-order valence-electron chi connectivity index (χ4n) is 2.51. The van der Waals surface area contributed by atoms with Crippen molar-refractivity contribution >= 4 is 11.6 Å². The third-order valence-electron chi connectivity index (χ3n) is 3.70. The molecule has 2 unspecified atom stereocenters. The average Bonchev–Trinajstić information content (AvgIpc) is 2.40. The summed E-state index contributed by atoms with van der Waals surface area (Å²) in [6, 6.07) is 2.16. The highest BCUT2D eigenvalue weighted by Crippen LogP contribution is 2.25. The summed E-state index contributed by atoms with van der Waals surface area (Å²) in [6.45, 7) is 5.17. The van der Waals surface area contributed by atoms with Crippen LogP contribution in [0.2, 0.25) is 0 Å². The van der Waals surface area contributed by atoms with Gasteiger partial charge in [-0.05, 0) is 31.7 Å². The molecule has 1 aromatic heterocycles. The maximum atomic E-state index is 12.6. The molecule has 2 rings (SSSR count). The maximum absolute atomic E-state index is 12.6. The van der Waals surface area contributed by atoms with Gasteiger partial charge in [-0.15, -0.1) is 0 Å². The van der Waals surface area contributed by atoms with Gasteiger partial charge in [-0.2, -0.15) is 0 Å². The number of piperidine rings is 1. The number of rotatable bonds is 2. The molecule has 1 aromatic rings. The van der Waals surface area contributed by atoms with Gasteiger partial charge in [0.05, 0.1) is 5.56 Å². The first-order valence-corrected chi connectivity index (χ1v) is 6.56. The molecule has 1 aliphatic heterocycles. The third kappa shape index (κ3) is 2.47. The van der Waals surface area contributed by atoms with Gasteiger partial charge in [0.15, 0.2) is 0 Å². The lowest BCUT2D eigenvalue weighted by Crippen LogP contribution is -2.45. The Labute approximate surface area is 108 Å². The highest BCUT2D eigenvalue weighted by Gasteiger charge is 2.28. The zero-order valence-electron chi connectivity index (χ0n) is 11.3. The predicted octanol–water partition coefficient (Wildman–Crippen LogP) is 2.38. The number of nitrogens with zero attached hydrogens (tertiary/aromatic N) is 2. The van der Waals surface area contributed by atoms with Gasteiger partial charge in [0.2, 0.25) is 0 Å². The van der Waals surface area contributed by atoms with Crippen LogP contribution in [-0.2, 0) is 0 Å². The molecule has 1 amide bonds. The van der Waals surface area contributed by atoms with Gasteiger partial charge >= 0.3 is 0 Å². The van der Waals surface area contributed by atoms with Crippen molar-refractivity contribution in [3.8, 4) is 0 Å². The number of nitrogens with one attached hydrogen (secondary N) is 1. The summed E-state index contributed by atoms with van der Waals surface area (Å²) >= 11 is 0. The molecule has 4 heteroatoms. The van der Waals surface area contributed by atoms with Crippen LogP contribution in [0, 0.1) is 5.92 Å². The minimum absolute atomic E-state index is 0.0894. The van der Waals surface area contributed by atoms with E-state index in [9.17, 15) is 4.79 Å². The van der Waals surface area contributed by atoms with Crippen LogP contribution in [0.25, 0.3) is 0 Å². The number of hydrogen-bond acceptors (Lipinski definition) is 3. The molecule has 0 bridgehead atoms. The Hall–Kier alpha value is -1.58. The quantitative estimate of drug-likeness (QED) is 0.872. The first-order chi connectivity index (χ1) is 8.63. The standard InChI is InChI=1S/C14H21N3O/c1-10-4-5-11(2)17(9-10)14(18)12-8-16-7-6-13(12)15-3/h6-8,10-11H,4-5,9H2,1-3H3,(H,15,16). The summed E-state index contributed by atoms with van der Waals surface area (Å²) in [6.07, 6.45) is 5.64. The second-order valence-electron chi connectivity index (χ2n) is 5.16. The largest absolute Gasteiger partial charge is 0.387 e. The molecule has 2 heterocycles. The molecule has 18 heavy (non-hydrogen) atoms. The molecule has 2 atom stereocenters. The lowest BCUT2D eigenvalue weighted by molar-refractivity contribution is 0.0574. The number of amides is 1. The van der Waals surface area contributed by atoms with Crippen molar-refractivity contribution < 1.29 is 4.79 Å². The van der Waals surface area contributed by atoms with Gasteiger partial charge in [-0.1, -0.05) is 6.92 Å². The summed E-state index contributed by atoms with van der Waals surface area (Å²) in [5.41, 5.74) is 1.52. The van der Waals surface area contributed by atoms with E-state index in [2.05, 4.69) is 24.1 Å². The second-order valence-corrected chi connectivity index (χ2v) is 5.16. The van der Waals surface area contributed by atoms with E-state index in [1.165, 1.54) is 6.42 Å². The van der Waals surface area contributed by atoms with Crippen LogP contribution in [0.1, 0.15) is 37.0 Å². The Morgan fingerprint density at radius 2 is 2.22 bits per heavy atom. The number of hydrogen-bond donors (Lipinski definition) is 1. The Balaban J connectivity index is 2.24. The number of pyridine rings is 1. The Morgan fingerprint density at radius 3 is 2.94 bits per heavy atom. The average molecular weight is 247 g/mol. The van der Waals surface area contributed by atoms with E-state index in [0.29, 0.717) is 17.5 Å². The third-order valence-corrected chi connectivity index (χ3v) is 3.70. The molecular formula is C14H21N3O. The smallest absolute Gasteiger partial charge is 0.257 e. The fourth-order valence-corrected chi connectivity index (χ4v) is 2.51. The van der Waals surface area contributed by atoms with Crippen molar-refractivity contribution in [2.45, 2.75) is 32.7 Å². The molecule has 1 aliphatic rings. The van der Waals surface area contributed by atoms with Crippen LogP contribution in [0.5, 0.6) is 0 Å². The van der Waals surface area contributed by atoms with Gasteiger partial charge in [0.1, 0.15) is 0 Å². The van der Waals surface area contributed by atoms with Crippen LogP contribution in [0.4, 0.5) is 5.69 Å². The van der Waals surface area contributed by atoms with Gasteiger partial charge in [0, 0.05) is 37.7 Å². The molecule has 0 aromatic carbocycles. The number of anilines is 1. The SMILES string of the molecule is CNc1ccncc1C(=O)N1CC(C)CCC1C. The number of aromatic nitrogens is 1. The van der Waals surface area contributed by atoms with Crippen LogP contribution in [0.3, 0.4) is 0 Å². The molecule has 0 radical (unpaired) electrons. The van der Waals surface area contributed by atoms with E-state index >= 15 is 0 Å². The van der Waals surface area contributed by atoms with Gasteiger partial charge in [-0.25, -0.2) is 0 Å². The van der Waals surface area contributed by atoms with E-state index in [0.717, 1.165) is 18.7 Å². The van der Waals surface area contributed by atoms with Crippen LogP contribution < -0.4 is 5.32 Å². The molecule has 0 spiro atoms. The molecule has 0 aliphatic carbocycles. The van der Waals surface area contributed by atoms with E-state index in [4.69, 9.17) is 0 Å². The number of carbonyl (C=O) groups is 1. The number of carbonyl (C=O) groups excluding carboxylic acids is 1. The van der Waals surface area contributed by atoms with E-state index < -0.39 is 0 Å². The minimum Gasteiger partial charge on any atom is -0.387 e. The highest BCUT2D eigenvalue weighted by molar-refractivity contribution is 5.99. The molecule has 1 N–H and O–H groups in total.